The lowest BCUT2D eigenvalue weighted by molar-refractivity contribution is 0.396. The van der Waals surface area contributed by atoms with Gasteiger partial charge < -0.3 is 9.84 Å². The molecule has 2 aromatic rings. The highest BCUT2D eigenvalue weighted by Crippen LogP contribution is 2.27. The molecular formula is C12H14N4O. The first kappa shape index (κ1) is 10.4. The lowest BCUT2D eigenvalue weighted by Crippen LogP contribution is -2.26. The predicted octanol–water partition coefficient (Wildman–Crippen LogP) is 1.63. The van der Waals surface area contributed by atoms with E-state index in [0.29, 0.717) is 18.4 Å². The van der Waals surface area contributed by atoms with Crippen molar-refractivity contribution in [2.45, 2.75) is 31.8 Å². The molecule has 0 saturated carbocycles. The Bertz CT molecular complexity index is 483. The van der Waals surface area contributed by atoms with E-state index in [-0.39, 0.29) is 0 Å². The van der Waals surface area contributed by atoms with Crippen LogP contribution in [0.2, 0.25) is 0 Å². The van der Waals surface area contributed by atoms with Crippen LogP contribution in [0, 0.1) is 0 Å². The SMILES string of the molecule is c1cnc2c(c1)CCCC2NCc1ncon1. The fourth-order valence-electron chi connectivity index (χ4n) is 2.29. The van der Waals surface area contributed by atoms with Crippen LogP contribution >= 0.6 is 0 Å². The van der Waals surface area contributed by atoms with E-state index in [0.717, 1.165) is 12.8 Å². The Morgan fingerprint density at radius 1 is 1.41 bits per heavy atom. The Balaban J connectivity index is 1.72. The zero-order valence-corrected chi connectivity index (χ0v) is 9.47. The van der Waals surface area contributed by atoms with Crippen LogP contribution in [0.3, 0.4) is 0 Å². The van der Waals surface area contributed by atoms with Gasteiger partial charge in [0.05, 0.1) is 18.3 Å². The first-order valence-corrected chi connectivity index (χ1v) is 5.86. The first-order chi connectivity index (χ1) is 8.43. The molecule has 1 atom stereocenters. The van der Waals surface area contributed by atoms with Gasteiger partial charge in [0.1, 0.15) is 0 Å². The maximum atomic E-state index is 4.71. The number of nitrogens with zero attached hydrogens (tertiary/aromatic N) is 3. The zero-order valence-electron chi connectivity index (χ0n) is 9.47. The molecule has 0 aliphatic heterocycles. The van der Waals surface area contributed by atoms with Crippen molar-refractivity contribution in [1.29, 1.82) is 0 Å². The van der Waals surface area contributed by atoms with Crippen molar-refractivity contribution >= 4 is 0 Å². The minimum atomic E-state index is 0.304. The van der Waals surface area contributed by atoms with Crippen molar-refractivity contribution in [3.63, 3.8) is 0 Å². The van der Waals surface area contributed by atoms with Gasteiger partial charge in [0.2, 0.25) is 6.39 Å². The molecule has 0 amide bonds. The molecule has 0 radical (unpaired) electrons. The van der Waals surface area contributed by atoms with Gasteiger partial charge in [-0.3, -0.25) is 4.98 Å². The average molecular weight is 230 g/mol. The summed E-state index contributed by atoms with van der Waals surface area (Å²) in [5.74, 6) is 0.688. The summed E-state index contributed by atoms with van der Waals surface area (Å²) in [6, 6.07) is 4.46. The van der Waals surface area contributed by atoms with Gasteiger partial charge in [0.25, 0.3) is 0 Å². The highest BCUT2D eigenvalue weighted by atomic mass is 16.5. The summed E-state index contributed by atoms with van der Waals surface area (Å²) in [7, 11) is 0. The van der Waals surface area contributed by atoms with E-state index in [4.69, 9.17) is 4.52 Å². The third kappa shape index (κ3) is 2.19. The van der Waals surface area contributed by atoms with E-state index in [1.165, 1.54) is 24.1 Å². The maximum Gasteiger partial charge on any atom is 0.213 e. The van der Waals surface area contributed by atoms with Gasteiger partial charge in [0.15, 0.2) is 5.82 Å². The fraction of sp³-hybridized carbons (Fsp3) is 0.417. The second-order valence-corrected chi connectivity index (χ2v) is 4.22. The van der Waals surface area contributed by atoms with Crippen molar-refractivity contribution in [1.82, 2.24) is 20.4 Å². The van der Waals surface area contributed by atoms with E-state index in [2.05, 4.69) is 26.5 Å². The summed E-state index contributed by atoms with van der Waals surface area (Å²) >= 11 is 0. The van der Waals surface area contributed by atoms with Crippen molar-refractivity contribution < 1.29 is 4.52 Å². The van der Waals surface area contributed by atoms with E-state index >= 15 is 0 Å². The highest BCUT2D eigenvalue weighted by molar-refractivity contribution is 5.25. The monoisotopic (exact) mass is 230 g/mol. The summed E-state index contributed by atoms with van der Waals surface area (Å²) in [6.45, 7) is 0.622. The predicted molar refractivity (Wildman–Crippen MR) is 61.1 cm³/mol. The van der Waals surface area contributed by atoms with Gasteiger partial charge in [-0.2, -0.15) is 4.98 Å². The van der Waals surface area contributed by atoms with Crippen LogP contribution in [0.5, 0.6) is 0 Å². The maximum absolute atomic E-state index is 4.71. The topological polar surface area (TPSA) is 63.8 Å². The molecule has 17 heavy (non-hydrogen) atoms. The van der Waals surface area contributed by atoms with E-state index in [1.54, 1.807) is 0 Å². The van der Waals surface area contributed by atoms with Crippen LogP contribution in [0.25, 0.3) is 0 Å². The smallest absolute Gasteiger partial charge is 0.213 e. The van der Waals surface area contributed by atoms with Crippen molar-refractivity contribution in [3.8, 4) is 0 Å². The van der Waals surface area contributed by atoms with E-state index in [1.807, 2.05) is 12.3 Å². The van der Waals surface area contributed by atoms with Crippen LogP contribution in [-0.2, 0) is 13.0 Å². The Morgan fingerprint density at radius 3 is 3.29 bits per heavy atom. The molecule has 5 nitrogen and oxygen atoms in total. The lowest BCUT2D eigenvalue weighted by atomic mass is 9.92. The molecule has 1 aliphatic rings. The minimum Gasteiger partial charge on any atom is -0.343 e. The fourth-order valence-corrected chi connectivity index (χ4v) is 2.29. The second kappa shape index (κ2) is 4.63. The molecule has 0 spiro atoms. The number of aromatic nitrogens is 3. The third-order valence-electron chi connectivity index (χ3n) is 3.11. The quantitative estimate of drug-likeness (QED) is 0.868. The van der Waals surface area contributed by atoms with Gasteiger partial charge in [0, 0.05) is 6.20 Å². The summed E-state index contributed by atoms with van der Waals surface area (Å²) in [6.07, 6.45) is 6.64. The number of nitrogens with one attached hydrogen (secondary N) is 1. The summed E-state index contributed by atoms with van der Waals surface area (Å²) < 4.78 is 4.71. The first-order valence-electron chi connectivity index (χ1n) is 5.86. The molecule has 0 fully saturated rings. The summed E-state index contributed by atoms with van der Waals surface area (Å²) in [5.41, 5.74) is 2.52. The Hall–Kier alpha value is -1.75. The largest absolute Gasteiger partial charge is 0.343 e. The van der Waals surface area contributed by atoms with Gasteiger partial charge in [-0.15, -0.1) is 0 Å². The van der Waals surface area contributed by atoms with Crippen molar-refractivity contribution in [3.05, 3.63) is 41.8 Å². The molecule has 2 heterocycles. The molecule has 0 saturated heterocycles. The molecule has 88 valence electrons. The molecule has 2 aromatic heterocycles. The van der Waals surface area contributed by atoms with Crippen LogP contribution in [-0.4, -0.2) is 15.1 Å². The average Bonchev–Trinajstić information content (AvgIpc) is 2.89. The lowest BCUT2D eigenvalue weighted by Gasteiger charge is -2.24. The third-order valence-corrected chi connectivity index (χ3v) is 3.11. The minimum absolute atomic E-state index is 0.304. The van der Waals surface area contributed by atoms with Crippen LogP contribution in [0.4, 0.5) is 0 Å². The molecule has 1 aliphatic carbocycles. The second-order valence-electron chi connectivity index (χ2n) is 4.22. The molecule has 1 unspecified atom stereocenters. The Kier molecular flexibility index (Phi) is 2.83. The molecular weight excluding hydrogens is 216 g/mol. The van der Waals surface area contributed by atoms with E-state index < -0.39 is 0 Å². The molecule has 5 heteroatoms. The van der Waals surface area contributed by atoms with Gasteiger partial charge in [-0.25, -0.2) is 0 Å². The Morgan fingerprint density at radius 2 is 2.41 bits per heavy atom. The van der Waals surface area contributed by atoms with Gasteiger partial charge in [-0.05, 0) is 30.9 Å². The van der Waals surface area contributed by atoms with Crippen LogP contribution in [0.15, 0.2) is 29.2 Å². The number of pyridine rings is 1. The number of aryl methyl sites for hydroxylation is 1. The molecule has 0 bridgehead atoms. The molecule has 0 aromatic carbocycles. The van der Waals surface area contributed by atoms with Gasteiger partial charge in [-0.1, -0.05) is 11.2 Å². The van der Waals surface area contributed by atoms with Crippen molar-refractivity contribution in [2.24, 2.45) is 0 Å². The Labute approximate surface area is 99.3 Å². The van der Waals surface area contributed by atoms with Gasteiger partial charge >= 0.3 is 0 Å². The zero-order chi connectivity index (χ0) is 11.5. The standard InChI is InChI=1S/C12H14N4O/c1-3-9-4-2-6-13-12(9)10(5-1)14-7-11-15-8-17-16-11/h2,4,6,8,10,14H,1,3,5,7H2. The molecule has 1 N–H and O–H groups in total. The number of fused-ring (bicyclic) bond motifs is 1. The number of hydrogen-bond donors (Lipinski definition) is 1. The molecule has 3 rings (SSSR count). The van der Waals surface area contributed by atoms with Crippen LogP contribution in [0.1, 0.15) is 36.0 Å². The highest BCUT2D eigenvalue weighted by Gasteiger charge is 2.20. The number of rotatable bonds is 3. The normalized spacial score (nSPS) is 18.9. The van der Waals surface area contributed by atoms with E-state index in [9.17, 15) is 0 Å². The summed E-state index contributed by atoms with van der Waals surface area (Å²) in [4.78, 5) is 8.47. The van der Waals surface area contributed by atoms with Crippen molar-refractivity contribution in [2.75, 3.05) is 0 Å². The number of hydrogen-bond acceptors (Lipinski definition) is 5. The van der Waals surface area contributed by atoms with Crippen LogP contribution < -0.4 is 5.32 Å². The summed E-state index contributed by atoms with van der Waals surface area (Å²) in [5, 5.41) is 7.22.